The van der Waals surface area contributed by atoms with E-state index in [-0.39, 0.29) is 5.91 Å². The monoisotopic (exact) mass is 302 g/mol. The Balaban J connectivity index is 2.21. The number of amides is 2. The first kappa shape index (κ1) is 15.3. The Kier molecular flexibility index (Phi) is 4.75. The van der Waals surface area contributed by atoms with Crippen molar-refractivity contribution in [1.82, 2.24) is 5.32 Å². The number of carbonyl (C=O) groups is 2. The SMILES string of the molecule is CCc1cc(C(=O)NC(C(N)=O)c2ccccc2)sc1C. The molecule has 1 heterocycles. The van der Waals surface area contributed by atoms with Gasteiger partial charge < -0.3 is 11.1 Å². The van der Waals surface area contributed by atoms with Gasteiger partial charge in [0.1, 0.15) is 6.04 Å². The minimum atomic E-state index is -0.814. The summed E-state index contributed by atoms with van der Waals surface area (Å²) < 4.78 is 0. The maximum Gasteiger partial charge on any atom is 0.262 e. The number of benzene rings is 1. The first-order valence-electron chi connectivity index (χ1n) is 6.77. The first-order valence-corrected chi connectivity index (χ1v) is 7.59. The Morgan fingerprint density at radius 3 is 2.48 bits per heavy atom. The van der Waals surface area contributed by atoms with Crippen molar-refractivity contribution in [2.45, 2.75) is 26.3 Å². The predicted molar refractivity (Wildman–Crippen MR) is 84.3 cm³/mol. The van der Waals surface area contributed by atoms with Crippen molar-refractivity contribution in [2.75, 3.05) is 0 Å². The Morgan fingerprint density at radius 2 is 1.95 bits per heavy atom. The van der Waals surface area contributed by atoms with Crippen molar-refractivity contribution in [3.63, 3.8) is 0 Å². The summed E-state index contributed by atoms with van der Waals surface area (Å²) in [6.07, 6.45) is 0.882. The molecule has 2 amide bonds. The molecule has 0 aliphatic heterocycles. The van der Waals surface area contributed by atoms with Crippen LogP contribution in [0.25, 0.3) is 0 Å². The number of thiophene rings is 1. The summed E-state index contributed by atoms with van der Waals surface area (Å²) >= 11 is 1.43. The first-order chi connectivity index (χ1) is 10.0. The minimum Gasteiger partial charge on any atom is -0.368 e. The topological polar surface area (TPSA) is 72.2 Å². The number of hydrogen-bond acceptors (Lipinski definition) is 3. The molecular formula is C16H18N2O2S. The quantitative estimate of drug-likeness (QED) is 0.891. The van der Waals surface area contributed by atoms with Crippen LogP contribution < -0.4 is 11.1 Å². The van der Waals surface area contributed by atoms with Gasteiger partial charge in [0.05, 0.1) is 4.88 Å². The number of carbonyl (C=O) groups excluding carboxylic acids is 2. The second kappa shape index (κ2) is 6.54. The van der Waals surface area contributed by atoms with E-state index in [9.17, 15) is 9.59 Å². The molecule has 0 aliphatic rings. The van der Waals surface area contributed by atoms with Crippen LogP contribution in [0.4, 0.5) is 0 Å². The molecule has 5 heteroatoms. The zero-order valence-corrected chi connectivity index (χ0v) is 12.9. The lowest BCUT2D eigenvalue weighted by molar-refractivity contribution is -0.120. The molecule has 0 fully saturated rings. The van der Waals surface area contributed by atoms with Crippen LogP contribution in [0.5, 0.6) is 0 Å². The largest absolute Gasteiger partial charge is 0.368 e. The van der Waals surface area contributed by atoms with Crippen molar-refractivity contribution < 1.29 is 9.59 Å². The van der Waals surface area contributed by atoms with Crippen LogP contribution in [0.1, 0.15) is 38.6 Å². The molecule has 2 rings (SSSR count). The summed E-state index contributed by atoms with van der Waals surface area (Å²) in [6, 6.07) is 10.1. The zero-order chi connectivity index (χ0) is 15.4. The minimum absolute atomic E-state index is 0.268. The van der Waals surface area contributed by atoms with Gasteiger partial charge in [0.25, 0.3) is 5.91 Å². The van der Waals surface area contributed by atoms with E-state index >= 15 is 0 Å². The normalized spacial score (nSPS) is 11.9. The number of rotatable bonds is 5. The average Bonchev–Trinajstić information content (AvgIpc) is 2.86. The van der Waals surface area contributed by atoms with Crippen molar-refractivity contribution >= 4 is 23.2 Å². The summed E-state index contributed by atoms with van der Waals surface area (Å²) in [5, 5.41) is 2.71. The Bertz CT molecular complexity index is 650. The lowest BCUT2D eigenvalue weighted by Gasteiger charge is -2.15. The van der Waals surface area contributed by atoms with E-state index in [4.69, 9.17) is 5.73 Å². The summed E-state index contributed by atoms with van der Waals surface area (Å²) in [5.74, 6) is -0.839. The van der Waals surface area contributed by atoms with Gasteiger partial charge in [0.2, 0.25) is 5.91 Å². The molecule has 0 saturated heterocycles. The number of nitrogens with one attached hydrogen (secondary N) is 1. The lowest BCUT2D eigenvalue weighted by atomic mass is 10.1. The van der Waals surface area contributed by atoms with E-state index in [0.29, 0.717) is 10.4 Å². The molecule has 1 aromatic carbocycles. The molecular weight excluding hydrogens is 284 g/mol. The third kappa shape index (κ3) is 3.49. The second-order valence-electron chi connectivity index (χ2n) is 4.77. The van der Waals surface area contributed by atoms with Crippen molar-refractivity contribution in [3.8, 4) is 0 Å². The van der Waals surface area contributed by atoms with Gasteiger partial charge in [0.15, 0.2) is 0 Å². The summed E-state index contributed by atoms with van der Waals surface area (Å²) in [5.41, 5.74) is 7.24. The van der Waals surface area contributed by atoms with Gasteiger partial charge in [-0.15, -0.1) is 11.3 Å². The van der Waals surface area contributed by atoms with E-state index in [1.165, 1.54) is 11.3 Å². The van der Waals surface area contributed by atoms with Crippen LogP contribution in [0.15, 0.2) is 36.4 Å². The molecule has 0 radical (unpaired) electrons. The molecule has 0 saturated carbocycles. The molecule has 1 atom stereocenters. The van der Waals surface area contributed by atoms with Crippen molar-refractivity contribution in [1.29, 1.82) is 0 Å². The van der Waals surface area contributed by atoms with Crippen molar-refractivity contribution in [3.05, 3.63) is 57.3 Å². The molecule has 2 aromatic rings. The molecule has 0 bridgehead atoms. The fourth-order valence-corrected chi connectivity index (χ4v) is 3.17. The highest BCUT2D eigenvalue weighted by atomic mass is 32.1. The average molecular weight is 302 g/mol. The molecule has 1 aromatic heterocycles. The van der Waals surface area contributed by atoms with Gasteiger partial charge >= 0.3 is 0 Å². The predicted octanol–water partition coefficient (Wildman–Crippen LogP) is 2.58. The highest BCUT2D eigenvalue weighted by Gasteiger charge is 2.22. The van der Waals surface area contributed by atoms with Gasteiger partial charge in [-0.2, -0.15) is 0 Å². The summed E-state index contributed by atoms with van der Waals surface area (Å²) in [4.78, 5) is 25.6. The molecule has 3 N–H and O–H groups in total. The molecule has 4 nitrogen and oxygen atoms in total. The van der Waals surface area contributed by atoms with Crippen LogP contribution in [0, 0.1) is 6.92 Å². The van der Waals surface area contributed by atoms with Crippen LogP contribution >= 0.6 is 11.3 Å². The maximum atomic E-state index is 12.3. The number of primary amides is 1. The summed E-state index contributed by atoms with van der Waals surface area (Å²) in [6.45, 7) is 4.04. The van der Waals surface area contributed by atoms with Crippen LogP contribution in [-0.4, -0.2) is 11.8 Å². The van der Waals surface area contributed by atoms with Crippen LogP contribution in [0.2, 0.25) is 0 Å². The molecule has 0 aliphatic carbocycles. The Morgan fingerprint density at radius 1 is 1.29 bits per heavy atom. The molecule has 21 heavy (non-hydrogen) atoms. The van der Waals surface area contributed by atoms with Gasteiger partial charge in [-0.1, -0.05) is 37.3 Å². The summed E-state index contributed by atoms with van der Waals surface area (Å²) in [7, 11) is 0. The van der Waals surface area contributed by atoms with Gasteiger partial charge in [-0.3, -0.25) is 9.59 Å². The van der Waals surface area contributed by atoms with Gasteiger partial charge in [-0.25, -0.2) is 0 Å². The molecule has 110 valence electrons. The van der Waals surface area contributed by atoms with E-state index in [0.717, 1.165) is 16.9 Å². The lowest BCUT2D eigenvalue weighted by Crippen LogP contribution is -2.37. The molecule has 1 unspecified atom stereocenters. The van der Waals surface area contributed by atoms with E-state index in [1.54, 1.807) is 12.1 Å². The zero-order valence-electron chi connectivity index (χ0n) is 12.1. The highest BCUT2D eigenvalue weighted by Crippen LogP contribution is 2.23. The van der Waals surface area contributed by atoms with Crippen LogP contribution in [0.3, 0.4) is 0 Å². The fraction of sp³-hybridized carbons (Fsp3) is 0.250. The standard InChI is InChI=1S/C16H18N2O2S/c1-3-11-9-13(21-10(11)2)16(20)18-14(15(17)19)12-7-5-4-6-8-12/h4-9,14H,3H2,1-2H3,(H2,17,19)(H,18,20). The third-order valence-electron chi connectivity index (χ3n) is 3.32. The molecule has 0 spiro atoms. The van der Waals surface area contributed by atoms with Crippen LogP contribution in [-0.2, 0) is 11.2 Å². The fourth-order valence-electron chi connectivity index (χ4n) is 2.15. The van der Waals surface area contributed by atoms with Crippen molar-refractivity contribution in [2.24, 2.45) is 5.73 Å². The van der Waals surface area contributed by atoms with Gasteiger partial charge in [0, 0.05) is 4.88 Å². The van der Waals surface area contributed by atoms with E-state index in [1.807, 2.05) is 38.1 Å². The smallest absolute Gasteiger partial charge is 0.262 e. The van der Waals surface area contributed by atoms with Gasteiger partial charge in [-0.05, 0) is 30.5 Å². The number of hydrogen-bond donors (Lipinski definition) is 2. The number of nitrogens with two attached hydrogens (primary N) is 1. The van der Waals surface area contributed by atoms with E-state index < -0.39 is 11.9 Å². The highest BCUT2D eigenvalue weighted by molar-refractivity contribution is 7.14. The van der Waals surface area contributed by atoms with E-state index in [2.05, 4.69) is 5.32 Å². The Hall–Kier alpha value is -2.14. The Labute approximate surface area is 128 Å². The maximum absolute atomic E-state index is 12.3. The third-order valence-corrected chi connectivity index (χ3v) is 4.41. The second-order valence-corrected chi connectivity index (χ2v) is 6.02. The number of aryl methyl sites for hydroxylation is 2.